The number of fused-ring (bicyclic) bond motifs is 3. The standard InChI is InChI=1S/C23H21N7O/c1-15-17(3)30(20-11-7-8-12-24-20)22-21(15)23-26-19(27-29(23)14-25-22)13-31-28-16(2)18-9-5-4-6-10-18/h4-12,14H,13H2,1-3H3/b28-16-. The third-order valence-electron chi connectivity index (χ3n) is 5.34. The van der Waals surface area contributed by atoms with Crippen molar-refractivity contribution in [2.24, 2.45) is 5.16 Å². The van der Waals surface area contributed by atoms with Crippen LogP contribution in [0.2, 0.25) is 0 Å². The molecule has 31 heavy (non-hydrogen) atoms. The first-order valence-electron chi connectivity index (χ1n) is 9.98. The lowest BCUT2D eigenvalue weighted by Crippen LogP contribution is -2.01. The van der Waals surface area contributed by atoms with Crippen LogP contribution in [0.25, 0.3) is 22.5 Å². The summed E-state index contributed by atoms with van der Waals surface area (Å²) in [6.07, 6.45) is 3.45. The average Bonchev–Trinajstić information content (AvgIpc) is 3.33. The maximum atomic E-state index is 5.52. The Hall–Kier alpha value is -4.07. The van der Waals surface area contributed by atoms with Crippen molar-refractivity contribution in [2.75, 3.05) is 0 Å². The smallest absolute Gasteiger partial charge is 0.192 e. The maximum absolute atomic E-state index is 5.52. The summed E-state index contributed by atoms with van der Waals surface area (Å²) in [6.45, 7) is 6.21. The van der Waals surface area contributed by atoms with Crippen molar-refractivity contribution in [1.29, 1.82) is 0 Å². The molecule has 0 amide bonds. The van der Waals surface area contributed by atoms with E-state index in [1.807, 2.05) is 60.0 Å². The normalized spacial score (nSPS) is 12.0. The number of nitrogens with zero attached hydrogens (tertiary/aromatic N) is 7. The molecule has 4 aromatic heterocycles. The molecule has 0 bridgehead atoms. The molecule has 4 heterocycles. The molecule has 0 saturated carbocycles. The number of benzene rings is 1. The molecule has 0 radical (unpaired) electrons. The molecule has 0 aliphatic rings. The number of pyridine rings is 1. The van der Waals surface area contributed by atoms with Crippen molar-refractivity contribution in [3.63, 3.8) is 0 Å². The van der Waals surface area contributed by atoms with Crippen LogP contribution in [0.3, 0.4) is 0 Å². The van der Waals surface area contributed by atoms with E-state index in [1.165, 1.54) is 0 Å². The Kier molecular flexibility index (Phi) is 4.66. The topological polar surface area (TPSA) is 82.5 Å². The van der Waals surface area contributed by atoms with Crippen LogP contribution in [-0.2, 0) is 11.4 Å². The van der Waals surface area contributed by atoms with E-state index in [0.717, 1.165) is 45.0 Å². The van der Waals surface area contributed by atoms with Crippen LogP contribution in [0, 0.1) is 13.8 Å². The van der Waals surface area contributed by atoms with E-state index in [0.29, 0.717) is 5.82 Å². The van der Waals surface area contributed by atoms with Gasteiger partial charge in [-0.2, -0.15) is 0 Å². The van der Waals surface area contributed by atoms with Crippen LogP contribution in [0.4, 0.5) is 0 Å². The van der Waals surface area contributed by atoms with E-state index < -0.39 is 0 Å². The predicted molar refractivity (Wildman–Crippen MR) is 118 cm³/mol. The molecule has 5 aromatic rings. The summed E-state index contributed by atoms with van der Waals surface area (Å²) >= 11 is 0. The number of aryl methyl sites for hydroxylation is 1. The van der Waals surface area contributed by atoms with Gasteiger partial charge in [0.15, 0.2) is 23.7 Å². The summed E-state index contributed by atoms with van der Waals surface area (Å²) in [5, 5.41) is 9.66. The molecular weight excluding hydrogens is 390 g/mol. The quantitative estimate of drug-likeness (QED) is 0.322. The van der Waals surface area contributed by atoms with E-state index in [4.69, 9.17) is 9.82 Å². The van der Waals surface area contributed by atoms with Gasteiger partial charge in [-0.25, -0.2) is 19.5 Å². The van der Waals surface area contributed by atoms with Gasteiger partial charge in [-0.15, -0.1) is 5.10 Å². The second-order valence-electron chi connectivity index (χ2n) is 7.29. The molecule has 0 atom stereocenters. The predicted octanol–water partition coefficient (Wildman–Crippen LogP) is 4.02. The van der Waals surface area contributed by atoms with E-state index >= 15 is 0 Å². The average molecular weight is 411 g/mol. The van der Waals surface area contributed by atoms with Gasteiger partial charge in [0.2, 0.25) is 0 Å². The zero-order valence-electron chi connectivity index (χ0n) is 17.5. The lowest BCUT2D eigenvalue weighted by atomic mass is 10.1. The number of rotatable bonds is 5. The first-order valence-corrected chi connectivity index (χ1v) is 9.98. The highest BCUT2D eigenvalue weighted by molar-refractivity contribution is 5.98. The molecule has 0 fully saturated rings. The summed E-state index contributed by atoms with van der Waals surface area (Å²) in [4.78, 5) is 19.4. The SMILES string of the molecule is C/C(=N/OCc1nc2c3c(C)c(C)n(-c4ccccn4)c3ncn2n1)c1ccccc1. The minimum Gasteiger partial charge on any atom is -0.387 e. The van der Waals surface area contributed by atoms with Gasteiger partial charge >= 0.3 is 0 Å². The van der Waals surface area contributed by atoms with E-state index in [-0.39, 0.29) is 6.61 Å². The van der Waals surface area contributed by atoms with Crippen LogP contribution in [-0.4, -0.2) is 34.8 Å². The van der Waals surface area contributed by atoms with Gasteiger partial charge in [0.05, 0.1) is 11.1 Å². The summed E-state index contributed by atoms with van der Waals surface area (Å²) in [5.41, 5.74) is 5.52. The van der Waals surface area contributed by atoms with Gasteiger partial charge < -0.3 is 4.84 Å². The molecule has 0 saturated heterocycles. The van der Waals surface area contributed by atoms with Gasteiger partial charge in [-0.3, -0.25) is 4.57 Å². The lowest BCUT2D eigenvalue weighted by molar-refractivity contribution is 0.125. The molecule has 0 aliphatic heterocycles. The molecule has 154 valence electrons. The Morgan fingerprint density at radius 1 is 1.00 bits per heavy atom. The first kappa shape index (κ1) is 18.9. The summed E-state index contributed by atoms with van der Waals surface area (Å²) in [6, 6.07) is 15.7. The van der Waals surface area contributed by atoms with E-state index in [2.05, 4.69) is 34.1 Å². The molecule has 0 spiro atoms. The highest BCUT2D eigenvalue weighted by Crippen LogP contribution is 2.28. The van der Waals surface area contributed by atoms with Crippen LogP contribution < -0.4 is 0 Å². The van der Waals surface area contributed by atoms with Crippen molar-refractivity contribution in [3.05, 3.63) is 83.7 Å². The molecule has 8 nitrogen and oxygen atoms in total. The molecule has 0 N–H and O–H groups in total. The van der Waals surface area contributed by atoms with Crippen molar-refractivity contribution in [1.82, 2.24) is 29.1 Å². The monoisotopic (exact) mass is 411 g/mol. The molecule has 0 unspecified atom stereocenters. The van der Waals surface area contributed by atoms with E-state index in [9.17, 15) is 0 Å². The summed E-state index contributed by atoms with van der Waals surface area (Å²) < 4.78 is 3.73. The third kappa shape index (κ3) is 3.31. The minimum atomic E-state index is 0.173. The first-order chi connectivity index (χ1) is 15.1. The fraction of sp³-hybridized carbons (Fsp3) is 0.174. The number of aromatic nitrogens is 6. The van der Waals surface area contributed by atoms with Gasteiger partial charge in [0, 0.05) is 11.9 Å². The second kappa shape index (κ2) is 7.64. The van der Waals surface area contributed by atoms with Crippen LogP contribution in [0.15, 0.2) is 66.2 Å². The minimum absolute atomic E-state index is 0.173. The van der Waals surface area contributed by atoms with Crippen molar-refractivity contribution in [2.45, 2.75) is 27.4 Å². The van der Waals surface area contributed by atoms with Gasteiger partial charge in [0.25, 0.3) is 0 Å². The summed E-state index contributed by atoms with van der Waals surface area (Å²) in [7, 11) is 0. The fourth-order valence-corrected chi connectivity index (χ4v) is 3.65. The second-order valence-corrected chi connectivity index (χ2v) is 7.29. The zero-order chi connectivity index (χ0) is 21.4. The molecule has 0 aliphatic carbocycles. The Morgan fingerprint density at radius 2 is 1.81 bits per heavy atom. The molecule has 5 rings (SSSR count). The highest BCUT2D eigenvalue weighted by Gasteiger charge is 2.19. The van der Waals surface area contributed by atoms with Crippen molar-refractivity contribution >= 4 is 22.4 Å². The Bertz CT molecular complexity index is 1400. The number of hydrogen-bond donors (Lipinski definition) is 0. The van der Waals surface area contributed by atoms with Crippen LogP contribution in [0.5, 0.6) is 0 Å². The number of oxime groups is 1. The Morgan fingerprint density at radius 3 is 2.58 bits per heavy atom. The van der Waals surface area contributed by atoms with Gasteiger partial charge in [-0.05, 0) is 44.0 Å². The Balaban J connectivity index is 1.50. The van der Waals surface area contributed by atoms with Crippen LogP contribution >= 0.6 is 0 Å². The number of hydrogen-bond acceptors (Lipinski definition) is 6. The largest absolute Gasteiger partial charge is 0.387 e. The molecule has 8 heteroatoms. The highest BCUT2D eigenvalue weighted by atomic mass is 16.6. The van der Waals surface area contributed by atoms with Crippen LogP contribution in [0.1, 0.15) is 29.6 Å². The van der Waals surface area contributed by atoms with Gasteiger partial charge in [-0.1, -0.05) is 41.6 Å². The third-order valence-corrected chi connectivity index (χ3v) is 5.34. The van der Waals surface area contributed by atoms with E-state index in [1.54, 1.807) is 17.0 Å². The lowest BCUT2D eigenvalue weighted by Gasteiger charge is -2.05. The van der Waals surface area contributed by atoms with Gasteiger partial charge in [0.1, 0.15) is 12.1 Å². The maximum Gasteiger partial charge on any atom is 0.192 e. The molecular formula is C23H21N7O. The Labute approximate surface area is 178 Å². The zero-order valence-corrected chi connectivity index (χ0v) is 17.5. The van der Waals surface area contributed by atoms with Crippen molar-refractivity contribution < 1.29 is 4.84 Å². The van der Waals surface area contributed by atoms with Crippen molar-refractivity contribution in [3.8, 4) is 5.82 Å². The fourth-order valence-electron chi connectivity index (χ4n) is 3.65. The summed E-state index contributed by atoms with van der Waals surface area (Å²) in [5.74, 6) is 1.37. The molecule has 1 aromatic carbocycles.